The van der Waals surface area contributed by atoms with Crippen molar-refractivity contribution in [2.75, 3.05) is 40.9 Å². The van der Waals surface area contributed by atoms with Crippen molar-refractivity contribution in [1.82, 2.24) is 15.0 Å². The average molecular weight is 434 g/mol. The summed E-state index contributed by atoms with van der Waals surface area (Å²) in [6.07, 6.45) is 1.06. The molecule has 3 heterocycles. The summed E-state index contributed by atoms with van der Waals surface area (Å²) < 4.78 is 26.9. The third-order valence-electron chi connectivity index (χ3n) is 5.55. The van der Waals surface area contributed by atoms with Crippen LogP contribution in [0.1, 0.15) is 16.8 Å². The topological polar surface area (TPSA) is 130 Å². The number of benzene rings is 1. The smallest absolute Gasteiger partial charge is 0.414 e. The highest BCUT2D eigenvalue weighted by molar-refractivity contribution is 7.92. The molecule has 1 aromatic heterocycles. The fourth-order valence-electron chi connectivity index (χ4n) is 4.10. The van der Waals surface area contributed by atoms with Gasteiger partial charge in [-0.05, 0) is 37.1 Å². The van der Waals surface area contributed by atoms with Gasteiger partial charge in [-0.3, -0.25) is 9.68 Å². The third kappa shape index (κ3) is 4.12. The number of amides is 1. The van der Waals surface area contributed by atoms with Gasteiger partial charge in [-0.1, -0.05) is 5.21 Å². The molecule has 0 saturated carbocycles. The number of carbonyl (C=O) groups excluding carboxylic acids is 1. The van der Waals surface area contributed by atoms with Gasteiger partial charge in [-0.25, -0.2) is 13.7 Å². The number of hydrogen-bond acceptors (Lipinski definition) is 8. The molecular weight excluding hydrogens is 406 g/mol. The predicted octanol–water partition coefficient (Wildman–Crippen LogP) is 1.25. The van der Waals surface area contributed by atoms with E-state index in [0.29, 0.717) is 49.9 Å². The summed E-state index contributed by atoms with van der Waals surface area (Å²) in [6.45, 7) is 6.42. The number of nitrogens with zero attached hydrogens (tertiary/aromatic N) is 5. The Kier molecular flexibility index (Phi) is 5.41. The molecule has 1 atom stereocenters. The second-order valence-electron chi connectivity index (χ2n) is 7.89. The lowest BCUT2D eigenvalue weighted by molar-refractivity contribution is 0.129. The number of cyclic esters (lactones) is 1. The monoisotopic (exact) mass is 433 g/mol. The highest BCUT2D eigenvalue weighted by atomic mass is 32.2. The van der Waals surface area contributed by atoms with Crippen molar-refractivity contribution in [3.05, 3.63) is 35.2 Å². The van der Waals surface area contributed by atoms with Crippen LogP contribution in [0.5, 0.6) is 0 Å². The molecule has 2 aromatic rings. The van der Waals surface area contributed by atoms with Crippen LogP contribution in [0.2, 0.25) is 0 Å². The minimum Gasteiger partial charge on any atom is -0.442 e. The number of nitrogens with two attached hydrogens (primary N) is 1. The normalized spacial score (nSPS) is 21.2. The molecule has 10 nitrogen and oxygen atoms in total. The van der Waals surface area contributed by atoms with Crippen molar-refractivity contribution in [2.45, 2.75) is 33.0 Å². The number of ether oxygens (including phenoxy) is 1. The van der Waals surface area contributed by atoms with Gasteiger partial charge in [-0.15, -0.1) is 5.10 Å². The Morgan fingerprint density at radius 2 is 1.93 bits per heavy atom. The van der Waals surface area contributed by atoms with Crippen LogP contribution in [-0.4, -0.2) is 62.5 Å². The highest BCUT2D eigenvalue weighted by Crippen LogP contribution is 2.33. The minimum atomic E-state index is -2.44. The van der Waals surface area contributed by atoms with Crippen LogP contribution < -0.4 is 15.5 Å². The fraction of sp³-hybridized carbons (Fsp3) is 0.526. The number of anilines is 2. The highest BCUT2D eigenvalue weighted by Gasteiger charge is 2.33. The Bertz CT molecular complexity index is 1030. The van der Waals surface area contributed by atoms with Crippen LogP contribution in [0.4, 0.5) is 16.2 Å². The first kappa shape index (κ1) is 20.6. The Labute approximate surface area is 175 Å². The molecule has 30 heavy (non-hydrogen) atoms. The third-order valence-corrected chi connectivity index (χ3v) is 7.23. The molecule has 2 saturated heterocycles. The molecule has 1 amide bonds. The summed E-state index contributed by atoms with van der Waals surface area (Å²) in [4.78, 5) is 16.3. The Morgan fingerprint density at radius 3 is 2.53 bits per heavy atom. The summed E-state index contributed by atoms with van der Waals surface area (Å²) in [5, 5.41) is 7.97. The van der Waals surface area contributed by atoms with Crippen LogP contribution in [0.3, 0.4) is 0 Å². The second-order valence-corrected chi connectivity index (χ2v) is 10.3. The van der Waals surface area contributed by atoms with Crippen LogP contribution >= 0.6 is 0 Å². The van der Waals surface area contributed by atoms with E-state index in [1.807, 2.05) is 26.0 Å². The first-order valence-corrected chi connectivity index (χ1v) is 11.8. The molecule has 4 rings (SSSR count). The van der Waals surface area contributed by atoms with Gasteiger partial charge in [-0.2, -0.15) is 0 Å². The number of carbonyl (C=O) groups is 1. The van der Waals surface area contributed by atoms with Crippen molar-refractivity contribution in [3.8, 4) is 0 Å². The zero-order valence-corrected chi connectivity index (χ0v) is 18.0. The van der Waals surface area contributed by atoms with E-state index in [-0.39, 0.29) is 12.2 Å². The van der Waals surface area contributed by atoms with E-state index >= 15 is 0 Å². The van der Waals surface area contributed by atoms with Crippen LogP contribution in [0, 0.1) is 18.6 Å². The summed E-state index contributed by atoms with van der Waals surface area (Å²) in [6, 6.07) is 3.97. The van der Waals surface area contributed by atoms with Gasteiger partial charge in [0.2, 0.25) is 0 Å². The molecular formula is C19H27N7O3S. The van der Waals surface area contributed by atoms with Gasteiger partial charge in [0, 0.05) is 58.4 Å². The molecule has 0 spiro atoms. The molecule has 3 N–H and O–H groups in total. The van der Waals surface area contributed by atoms with E-state index in [2.05, 4.69) is 15.2 Å². The summed E-state index contributed by atoms with van der Waals surface area (Å²) in [7, 11) is -2.44. The van der Waals surface area contributed by atoms with Gasteiger partial charge in [0.15, 0.2) is 0 Å². The van der Waals surface area contributed by atoms with E-state index in [9.17, 15) is 9.00 Å². The van der Waals surface area contributed by atoms with Gasteiger partial charge in [0.25, 0.3) is 0 Å². The van der Waals surface area contributed by atoms with Crippen molar-refractivity contribution in [1.29, 1.82) is 4.78 Å². The molecule has 2 aliphatic heterocycles. The molecule has 0 radical (unpaired) electrons. The van der Waals surface area contributed by atoms with Gasteiger partial charge in [0.1, 0.15) is 6.10 Å². The second kappa shape index (κ2) is 7.88. The number of nitrogens with one attached hydrogen (secondary N) is 1. The standard InChI is InChI=1S/C19H27N7O3S/c1-13-7-16(8-14(2)18(13)24-3-5-30(21,28)6-4-24)26-12-17(29-19(26)27)11-25-10-15(9-20)22-23-25/h7-8,10,17,21H,3-6,9,11-12,20H2,1-2H3. The SMILES string of the molecule is Cc1cc(N2CC(Cn3cc(CN)nn3)OC2=O)cc(C)c1N1CCS(=N)(=O)CC1. The molecule has 0 bridgehead atoms. The summed E-state index contributed by atoms with van der Waals surface area (Å²) >= 11 is 0. The first-order chi connectivity index (χ1) is 14.3. The molecule has 0 aliphatic carbocycles. The van der Waals surface area contributed by atoms with E-state index in [0.717, 1.165) is 22.5 Å². The predicted molar refractivity (Wildman–Crippen MR) is 114 cm³/mol. The van der Waals surface area contributed by atoms with E-state index in [1.165, 1.54) is 0 Å². The first-order valence-electron chi connectivity index (χ1n) is 9.93. The molecule has 11 heteroatoms. The lowest BCUT2D eigenvalue weighted by atomic mass is 10.1. The Hall–Kier alpha value is -2.66. The lowest BCUT2D eigenvalue weighted by Gasteiger charge is -2.33. The molecule has 2 aliphatic rings. The zero-order chi connectivity index (χ0) is 21.5. The Balaban J connectivity index is 1.49. The number of rotatable bonds is 5. The molecule has 1 unspecified atom stereocenters. The van der Waals surface area contributed by atoms with Gasteiger partial charge >= 0.3 is 6.09 Å². The minimum absolute atomic E-state index is 0.317. The van der Waals surface area contributed by atoms with E-state index in [1.54, 1.807) is 15.8 Å². The van der Waals surface area contributed by atoms with Crippen LogP contribution in [0.15, 0.2) is 18.3 Å². The van der Waals surface area contributed by atoms with Crippen molar-refractivity contribution >= 4 is 27.2 Å². The van der Waals surface area contributed by atoms with Crippen molar-refractivity contribution in [3.63, 3.8) is 0 Å². The van der Waals surface area contributed by atoms with E-state index < -0.39 is 9.73 Å². The fourth-order valence-corrected chi connectivity index (χ4v) is 5.33. The number of aryl methyl sites for hydroxylation is 2. The summed E-state index contributed by atoms with van der Waals surface area (Å²) in [5.41, 5.74) is 10.2. The maximum absolute atomic E-state index is 12.5. The largest absolute Gasteiger partial charge is 0.442 e. The maximum Gasteiger partial charge on any atom is 0.414 e. The number of hydrogen-bond donors (Lipinski definition) is 2. The Morgan fingerprint density at radius 1 is 1.27 bits per heavy atom. The number of aromatic nitrogens is 3. The van der Waals surface area contributed by atoms with E-state index in [4.69, 9.17) is 15.3 Å². The molecule has 2 fully saturated rings. The average Bonchev–Trinajstić information content (AvgIpc) is 3.28. The van der Waals surface area contributed by atoms with Gasteiger partial charge < -0.3 is 15.4 Å². The maximum atomic E-state index is 12.5. The molecule has 162 valence electrons. The van der Waals surface area contributed by atoms with Crippen LogP contribution in [-0.2, 0) is 27.6 Å². The summed E-state index contributed by atoms with van der Waals surface area (Å²) in [5.74, 6) is 0.782. The lowest BCUT2D eigenvalue weighted by Crippen LogP contribution is -2.40. The molecule has 1 aromatic carbocycles. The van der Waals surface area contributed by atoms with Crippen molar-refractivity contribution in [2.24, 2.45) is 5.73 Å². The van der Waals surface area contributed by atoms with Crippen LogP contribution in [0.25, 0.3) is 0 Å². The van der Waals surface area contributed by atoms with Crippen molar-refractivity contribution < 1.29 is 13.7 Å². The zero-order valence-electron chi connectivity index (χ0n) is 17.2. The quantitative estimate of drug-likeness (QED) is 0.725. The van der Waals surface area contributed by atoms with Gasteiger partial charge in [0.05, 0.1) is 18.8 Å².